The van der Waals surface area contributed by atoms with Crippen molar-refractivity contribution < 1.29 is 23.1 Å². The van der Waals surface area contributed by atoms with Crippen LogP contribution in [0.5, 0.6) is 5.75 Å². The third-order valence-electron chi connectivity index (χ3n) is 8.73. The maximum absolute atomic E-state index is 14.2. The van der Waals surface area contributed by atoms with Crippen LogP contribution in [0.15, 0.2) is 71.6 Å². The number of aromatic nitrogens is 1. The number of aliphatic hydroxyl groups excluding tert-OH is 1. The van der Waals surface area contributed by atoms with Crippen molar-refractivity contribution in [2.45, 2.75) is 64.0 Å². The highest BCUT2D eigenvalue weighted by Crippen LogP contribution is 2.30. The molecule has 0 unspecified atom stereocenters. The van der Waals surface area contributed by atoms with E-state index in [1.165, 1.54) is 28.5 Å². The van der Waals surface area contributed by atoms with Gasteiger partial charge in [-0.3, -0.25) is 4.79 Å². The van der Waals surface area contributed by atoms with E-state index >= 15 is 0 Å². The zero-order valence-electron chi connectivity index (χ0n) is 28.9. The third kappa shape index (κ3) is 10.0. The molecule has 0 aliphatic carbocycles. The lowest BCUT2D eigenvalue weighted by Crippen LogP contribution is -2.52. The lowest BCUT2D eigenvalue weighted by atomic mass is 10.0. The summed E-state index contributed by atoms with van der Waals surface area (Å²) in [6, 6.07) is 19.5. The van der Waals surface area contributed by atoms with Crippen LogP contribution in [0.2, 0.25) is 0 Å². The van der Waals surface area contributed by atoms with E-state index in [1.54, 1.807) is 18.2 Å². The Bertz CT molecular complexity index is 1770. The summed E-state index contributed by atoms with van der Waals surface area (Å²) in [4.78, 5) is 20.4. The number of thiazole rings is 1. The first-order valence-corrected chi connectivity index (χ1v) is 19.3. The van der Waals surface area contributed by atoms with E-state index in [1.807, 2.05) is 76.2 Å². The maximum atomic E-state index is 14.2. The fraction of sp³-hybridized carbons (Fsp3) is 0.459. The molecule has 1 fully saturated rings. The number of rotatable bonds is 17. The van der Waals surface area contributed by atoms with Gasteiger partial charge < -0.3 is 25.4 Å². The van der Waals surface area contributed by atoms with Crippen LogP contribution >= 0.6 is 11.3 Å². The molecule has 1 aliphatic rings. The van der Waals surface area contributed by atoms with Crippen LogP contribution < -0.4 is 15.4 Å². The second-order valence-corrected chi connectivity index (χ2v) is 16.2. The molecule has 3 aromatic carbocycles. The predicted molar refractivity (Wildman–Crippen MR) is 197 cm³/mol. The van der Waals surface area contributed by atoms with Gasteiger partial charge in [-0.2, -0.15) is 4.31 Å². The van der Waals surface area contributed by atoms with Gasteiger partial charge in [0.15, 0.2) is 11.7 Å². The number of amides is 1. The maximum Gasteiger partial charge on any atom is 0.258 e. The van der Waals surface area contributed by atoms with Gasteiger partial charge in [-0.25, -0.2) is 13.4 Å². The van der Waals surface area contributed by atoms with Gasteiger partial charge in [-0.1, -0.05) is 73.7 Å². The standard InChI is InChI=1S/C37H49N5O5S2/c1-26(2)23-42(49(45,46)30-15-16-31-34(22-30)48-37(40-31)38-17-20-41-18-8-9-19-41)24-33(43)32(21-29-13-6-5-7-14-29)39-35(44)25-47-36-27(3)11-10-12-28(36)4/h5-7,10-16,22,26,32-33,43H,8-9,17-21,23-25H2,1-4H3,(H,38,40)(H,39,44)/t32-,33+/m0/s1. The molecule has 3 N–H and O–H groups in total. The zero-order valence-corrected chi connectivity index (χ0v) is 30.5. The Morgan fingerprint density at radius 1 is 1.02 bits per heavy atom. The van der Waals surface area contributed by atoms with Gasteiger partial charge in [-0.05, 0) is 87.0 Å². The fourth-order valence-electron chi connectivity index (χ4n) is 6.20. The Balaban J connectivity index is 1.31. The number of hydrogen-bond donors (Lipinski definition) is 3. The van der Waals surface area contributed by atoms with Crippen LogP contribution in [0.4, 0.5) is 5.13 Å². The van der Waals surface area contributed by atoms with E-state index in [0.29, 0.717) is 12.2 Å². The molecule has 2 heterocycles. The first-order chi connectivity index (χ1) is 23.5. The van der Waals surface area contributed by atoms with Crippen LogP contribution in [0, 0.1) is 19.8 Å². The van der Waals surface area contributed by atoms with Crippen molar-refractivity contribution >= 4 is 42.6 Å². The van der Waals surface area contributed by atoms with Gasteiger partial charge in [0.25, 0.3) is 5.91 Å². The number of carbonyl (C=O) groups is 1. The molecule has 1 aromatic heterocycles. The van der Waals surface area contributed by atoms with Crippen LogP contribution in [-0.2, 0) is 21.2 Å². The van der Waals surface area contributed by atoms with Crippen molar-refractivity contribution in [2.24, 2.45) is 5.92 Å². The lowest BCUT2D eigenvalue weighted by Gasteiger charge is -2.30. The summed E-state index contributed by atoms with van der Waals surface area (Å²) in [6.45, 7) is 11.5. The number of nitrogens with zero attached hydrogens (tertiary/aromatic N) is 3. The van der Waals surface area contributed by atoms with Crippen molar-refractivity contribution in [3.8, 4) is 5.75 Å². The summed E-state index contributed by atoms with van der Waals surface area (Å²) < 4.78 is 36.3. The first kappa shape index (κ1) is 36.7. The second-order valence-electron chi connectivity index (χ2n) is 13.3. The van der Waals surface area contributed by atoms with Crippen LogP contribution in [0.1, 0.15) is 43.4 Å². The van der Waals surface area contributed by atoms with Gasteiger partial charge in [0.2, 0.25) is 10.0 Å². The van der Waals surface area contributed by atoms with E-state index in [9.17, 15) is 18.3 Å². The van der Waals surface area contributed by atoms with Crippen LogP contribution in [-0.4, -0.2) is 91.6 Å². The van der Waals surface area contributed by atoms with Crippen molar-refractivity contribution in [3.05, 3.63) is 83.4 Å². The number of nitrogens with one attached hydrogen (secondary N) is 2. The number of aryl methyl sites for hydroxylation is 2. The highest BCUT2D eigenvalue weighted by molar-refractivity contribution is 7.89. The smallest absolute Gasteiger partial charge is 0.258 e. The number of hydrogen-bond acceptors (Lipinski definition) is 9. The lowest BCUT2D eigenvalue weighted by molar-refractivity contribution is -0.124. The normalized spacial score (nSPS) is 15.2. The molecule has 1 saturated heterocycles. The highest BCUT2D eigenvalue weighted by Gasteiger charge is 2.32. The number of fused-ring (bicyclic) bond motifs is 1. The molecule has 0 spiro atoms. The van der Waals surface area contributed by atoms with E-state index < -0.39 is 28.1 Å². The van der Waals surface area contributed by atoms with E-state index in [-0.39, 0.29) is 30.5 Å². The predicted octanol–water partition coefficient (Wildman–Crippen LogP) is 5.23. The minimum atomic E-state index is -4.00. The zero-order chi connectivity index (χ0) is 35.0. The molecular formula is C37H49N5O5S2. The number of benzene rings is 3. The van der Waals surface area contributed by atoms with Crippen molar-refractivity contribution in [1.29, 1.82) is 0 Å². The summed E-state index contributed by atoms with van der Waals surface area (Å²) in [6.07, 6.45) is 1.60. The van der Waals surface area contributed by atoms with Crippen molar-refractivity contribution in [2.75, 3.05) is 51.2 Å². The van der Waals surface area contributed by atoms with Gasteiger partial charge in [0.1, 0.15) is 5.75 Å². The molecule has 0 bridgehead atoms. The molecule has 4 aromatic rings. The summed E-state index contributed by atoms with van der Waals surface area (Å²) in [5.41, 5.74) is 3.48. The van der Waals surface area contributed by atoms with Gasteiger partial charge >= 0.3 is 0 Å². The molecule has 264 valence electrons. The molecule has 0 saturated carbocycles. The van der Waals surface area contributed by atoms with Gasteiger partial charge in [0, 0.05) is 26.2 Å². The number of carbonyl (C=O) groups excluding carboxylic acids is 1. The molecular weight excluding hydrogens is 659 g/mol. The summed E-state index contributed by atoms with van der Waals surface area (Å²) >= 11 is 1.43. The number of likely N-dealkylation sites (tertiary alicyclic amines) is 1. The largest absolute Gasteiger partial charge is 0.483 e. The molecule has 2 atom stereocenters. The monoisotopic (exact) mass is 707 g/mol. The molecule has 0 radical (unpaired) electrons. The first-order valence-electron chi connectivity index (χ1n) is 17.1. The average Bonchev–Trinajstić information content (AvgIpc) is 3.73. The Hall–Kier alpha value is -3.55. The van der Waals surface area contributed by atoms with E-state index in [2.05, 4.69) is 20.5 Å². The quantitative estimate of drug-likeness (QED) is 0.136. The van der Waals surface area contributed by atoms with Gasteiger partial charge in [0.05, 0.1) is 27.3 Å². The number of aliphatic hydroxyl groups is 1. The Morgan fingerprint density at radius 2 is 1.73 bits per heavy atom. The average molecular weight is 708 g/mol. The van der Waals surface area contributed by atoms with E-state index in [0.717, 1.165) is 58.2 Å². The number of para-hydroxylation sites is 1. The summed E-state index contributed by atoms with van der Waals surface area (Å²) in [7, 11) is -4.00. The Labute approximate surface area is 294 Å². The number of ether oxygens (including phenoxy) is 1. The minimum absolute atomic E-state index is 0.00608. The van der Waals surface area contributed by atoms with E-state index in [4.69, 9.17) is 4.74 Å². The molecule has 49 heavy (non-hydrogen) atoms. The molecule has 10 nitrogen and oxygen atoms in total. The van der Waals surface area contributed by atoms with Crippen molar-refractivity contribution in [3.63, 3.8) is 0 Å². The summed E-state index contributed by atoms with van der Waals surface area (Å²) in [5, 5.41) is 18.7. The number of anilines is 1. The molecule has 1 amide bonds. The SMILES string of the molecule is Cc1cccc(C)c1OCC(=O)N[C@@H](Cc1ccccc1)[C@H](O)CN(CC(C)C)S(=O)(=O)c1ccc2nc(NCCN3CCCC3)sc2c1. The van der Waals surface area contributed by atoms with Crippen LogP contribution in [0.3, 0.4) is 0 Å². The van der Waals surface area contributed by atoms with Gasteiger partial charge in [-0.15, -0.1) is 0 Å². The minimum Gasteiger partial charge on any atom is -0.483 e. The molecule has 5 rings (SSSR count). The molecule has 12 heteroatoms. The second kappa shape index (κ2) is 16.9. The fourth-order valence-corrected chi connectivity index (χ4v) is 8.85. The van der Waals surface area contributed by atoms with Crippen molar-refractivity contribution in [1.82, 2.24) is 19.5 Å². The van der Waals surface area contributed by atoms with Crippen LogP contribution in [0.25, 0.3) is 10.2 Å². The highest BCUT2D eigenvalue weighted by atomic mass is 32.2. The topological polar surface area (TPSA) is 124 Å². The molecule has 1 aliphatic heterocycles. The Kier molecular flexibility index (Phi) is 12.7. The number of sulfonamides is 1. The summed E-state index contributed by atoms with van der Waals surface area (Å²) in [5.74, 6) is 0.240. The Morgan fingerprint density at radius 3 is 2.43 bits per heavy atom. The third-order valence-corrected chi connectivity index (χ3v) is 11.5.